The summed E-state index contributed by atoms with van der Waals surface area (Å²) in [5.41, 5.74) is 0. The van der Waals surface area contributed by atoms with Crippen LogP contribution in [0.1, 0.15) is 27.2 Å². The van der Waals surface area contributed by atoms with Crippen LogP contribution in [0, 0.1) is 0 Å². The molecule has 5 heteroatoms. The maximum atomic E-state index is 12.1. The standard InChI is InChI=1S/C10H14O3S2/c1-8(11)7-10(2,3)15(12,13)9-5-4-6-14-9/h4-6H,7H2,1-3H3. The number of carbonyl (C=O) groups excluding carboxylic acids is 1. The van der Waals surface area contributed by atoms with Crippen molar-refractivity contribution in [3.8, 4) is 0 Å². The van der Waals surface area contributed by atoms with E-state index >= 15 is 0 Å². The number of Topliss-reactive ketones (excluding diaryl/α,β-unsaturated/α-hetero) is 1. The van der Waals surface area contributed by atoms with Crippen LogP contribution in [0.4, 0.5) is 0 Å². The number of ketones is 1. The van der Waals surface area contributed by atoms with Gasteiger partial charge in [0.1, 0.15) is 9.99 Å². The van der Waals surface area contributed by atoms with Crippen molar-refractivity contribution in [1.82, 2.24) is 0 Å². The molecule has 0 N–H and O–H groups in total. The zero-order valence-electron chi connectivity index (χ0n) is 8.98. The molecular weight excluding hydrogens is 232 g/mol. The third-order valence-corrected chi connectivity index (χ3v) is 6.04. The molecule has 0 saturated heterocycles. The number of hydrogen-bond donors (Lipinski definition) is 0. The number of sulfone groups is 1. The Morgan fingerprint density at radius 2 is 2.07 bits per heavy atom. The van der Waals surface area contributed by atoms with Gasteiger partial charge in [-0.1, -0.05) is 6.07 Å². The first-order valence-electron chi connectivity index (χ1n) is 4.55. The van der Waals surface area contributed by atoms with Gasteiger partial charge in [-0.25, -0.2) is 8.42 Å². The number of rotatable bonds is 4. The minimum absolute atomic E-state index is 0.0488. The first-order valence-corrected chi connectivity index (χ1v) is 6.91. The van der Waals surface area contributed by atoms with Gasteiger partial charge in [0.2, 0.25) is 0 Å². The Morgan fingerprint density at radius 3 is 2.47 bits per heavy atom. The highest BCUT2D eigenvalue weighted by atomic mass is 32.2. The second-order valence-electron chi connectivity index (χ2n) is 4.07. The lowest BCUT2D eigenvalue weighted by Gasteiger charge is -2.22. The predicted molar refractivity (Wildman–Crippen MR) is 60.9 cm³/mol. The lowest BCUT2D eigenvalue weighted by molar-refractivity contribution is -0.117. The van der Waals surface area contributed by atoms with E-state index in [0.29, 0.717) is 4.21 Å². The van der Waals surface area contributed by atoms with Gasteiger partial charge in [-0.05, 0) is 32.2 Å². The van der Waals surface area contributed by atoms with Gasteiger partial charge >= 0.3 is 0 Å². The van der Waals surface area contributed by atoms with E-state index in [-0.39, 0.29) is 12.2 Å². The zero-order chi connectivity index (χ0) is 11.7. The van der Waals surface area contributed by atoms with E-state index in [1.54, 1.807) is 31.4 Å². The van der Waals surface area contributed by atoms with Gasteiger partial charge in [-0.3, -0.25) is 4.79 Å². The number of carbonyl (C=O) groups is 1. The van der Waals surface area contributed by atoms with Gasteiger partial charge in [0.25, 0.3) is 0 Å². The van der Waals surface area contributed by atoms with Gasteiger partial charge in [-0.15, -0.1) is 11.3 Å². The van der Waals surface area contributed by atoms with Crippen LogP contribution in [0.3, 0.4) is 0 Å². The molecule has 0 spiro atoms. The molecule has 0 amide bonds. The van der Waals surface area contributed by atoms with Crippen molar-refractivity contribution in [2.24, 2.45) is 0 Å². The van der Waals surface area contributed by atoms with E-state index in [4.69, 9.17) is 0 Å². The zero-order valence-corrected chi connectivity index (χ0v) is 10.6. The van der Waals surface area contributed by atoms with Crippen molar-refractivity contribution in [3.63, 3.8) is 0 Å². The van der Waals surface area contributed by atoms with E-state index in [1.165, 1.54) is 18.3 Å². The van der Waals surface area contributed by atoms with Crippen LogP contribution >= 0.6 is 11.3 Å². The minimum Gasteiger partial charge on any atom is -0.300 e. The Bertz CT molecular complexity index is 441. The van der Waals surface area contributed by atoms with Gasteiger partial charge in [0.05, 0.1) is 4.75 Å². The van der Waals surface area contributed by atoms with Crippen molar-refractivity contribution in [1.29, 1.82) is 0 Å². The van der Waals surface area contributed by atoms with Gasteiger partial charge < -0.3 is 0 Å². The molecule has 0 saturated carbocycles. The molecule has 1 aromatic rings. The Kier molecular flexibility index (Phi) is 3.35. The van der Waals surface area contributed by atoms with E-state index in [2.05, 4.69) is 0 Å². The smallest absolute Gasteiger partial charge is 0.193 e. The second-order valence-corrected chi connectivity index (χ2v) is 7.83. The number of hydrogen-bond acceptors (Lipinski definition) is 4. The van der Waals surface area contributed by atoms with Crippen molar-refractivity contribution < 1.29 is 13.2 Å². The first kappa shape index (κ1) is 12.4. The van der Waals surface area contributed by atoms with Crippen LogP contribution in [0.25, 0.3) is 0 Å². The fourth-order valence-corrected chi connectivity index (χ4v) is 4.38. The molecule has 0 fully saturated rings. The average molecular weight is 246 g/mol. The fourth-order valence-electron chi connectivity index (χ4n) is 1.38. The maximum absolute atomic E-state index is 12.1. The molecular formula is C10H14O3S2. The minimum atomic E-state index is -3.39. The topological polar surface area (TPSA) is 51.2 Å². The molecule has 1 aromatic heterocycles. The lowest BCUT2D eigenvalue weighted by Crippen LogP contribution is -2.33. The summed E-state index contributed by atoms with van der Waals surface area (Å²) in [4.78, 5) is 11.0. The maximum Gasteiger partial charge on any atom is 0.193 e. The summed E-state index contributed by atoms with van der Waals surface area (Å²) in [6.45, 7) is 4.58. The number of thiophene rings is 1. The van der Waals surface area contributed by atoms with Gasteiger partial charge in [0, 0.05) is 6.42 Å². The lowest BCUT2D eigenvalue weighted by atomic mass is 10.1. The Hall–Kier alpha value is -0.680. The quantitative estimate of drug-likeness (QED) is 0.819. The molecule has 0 aliphatic carbocycles. The summed E-state index contributed by atoms with van der Waals surface area (Å²) >= 11 is 1.18. The fraction of sp³-hybridized carbons (Fsp3) is 0.500. The van der Waals surface area contributed by atoms with Crippen molar-refractivity contribution >= 4 is 27.0 Å². The molecule has 0 radical (unpaired) electrons. The Morgan fingerprint density at radius 1 is 1.47 bits per heavy atom. The highest BCUT2D eigenvalue weighted by Crippen LogP contribution is 2.31. The van der Waals surface area contributed by atoms with E-state index in [1.807, 2.05) is 0 Å². The molecule has 15 heavy (non-hydrogen) atoms. The molecule has 0 aliphatic rings. The van der Waals surface area contributed by atoms with Crippen LogP contribution in [-0.2, 0) is 14.6 Å². The van der Waals surface area contributed by atoms with E-state index in [9.17, 15) is 13.2 Å². The highest BCUT2D eigenvalue weighted by Gasteiger charge is 2.37. The molecule has 0 aliphatic heterocycles. The molecule has 0 aromatic carbocycles. The van der Waals surface area contributed by atoms with Crippen molar-refractivity contribution in [3.05, 3.63) is 17.5 Å². The van der Waals surface area contributed by atoms with Crippen LogP contribution < -0.4 is 0 Å². The first-order chi connectivity index (χ1) is 6.77. The van der Waals surface area contributed by atoms with Gasteiger partial charge in [0.15, 0.2) is 9.84 Å². The summed E-state index contributed by atoms with van der Waals surface area (Å²) in [6, 6.07) is 3.27. The van der Waals surface area contributed by atoms with Gasteiger partial charge in [-0.2, -0.15) is 0 Å². The van der Waals surface area contributed by atoms with Crippen molar-refractivity contribution in [2.45, 2.75) is 36.1 Å². The van der Waals surface area contributed by atoms with Crippen LogP contribution in [0.2, 0.25) is 0 Å². The summed E-state index contributed by atoms with van der Waals surface area (Å²) in [5, 5.41) is 1.72. The molecule has 1 rings (SSSR count). The molecule has 0 bridgehead atoms. The SMILES string of the molecule is CC(=O)CC(C)(C)S(=O)(=O)c1cccs1. The highest BCUT2D eigenvalue weighted by molar-refractivity contribution is 7.94. The molecule has 3 nitrogen and oxygen atoms in total. The van der Waals surface area contributed by atoms with E-state index < -0.39 is 14.6 Å². The third kappa shape index (κ3) is 2.46. The Labute approximate surface area is 94.0 Å². The summed E-state index contributed by atoms with van der Waals surface area (Å²) in [5.74, 6) is -0.111. The van der Waals surface area contributed by atoms with Crippen LogP contribution in [-0.4, -0.2) is 18.9 Å². The summed E-state index contributed by atoms with van der Waals surface area (Å²) in [7, 11) is -3.39. The summed E-state index contributed by atoms with van der Waals surface area (Å²) in [6.07, 6.45) is 0.0488. The van der Waals surface area contributed by atoms with Crippen molar-refractivity contribution in [2.75, 3.05) is 0 Å². The summed E-state index contributed by atoms with van der Waals surface area (Å²) < 4.78 is 23.5. The predicted octanol–water partition coefficient (Wildman–Crippen LogP) is 2.28. The molecule has 84 valence electrons. The van der Waals surface area contributed by atoms with E-state index in [0.717, 1.165) is 0 Å². The monoisotopic (exact) mass is 246 g/mol. The second kappa shape index (κ2) is 4.06. The largest absolute Gasteiger partial charge is 0.300 e. The molecule has 0 atom stereocenters. The van der Waals surface area contributed by atoms with Crippen LogP contribution in [0.15, 0.2) is 21.7 Å². The molecule has 1 heterocycles. The normalized spacial score (nSPS) is 12.7. The third-order valence-electron chi connectivity index (χ3n) is 2.16. The van der Waals surface area contributed by atoms with Crippen LogP contribution in [0.5, 0.6) is 0 Å². The Balaban J connectivity index is 3.11. The molecule has 0 unspecified atom stereocenters. The average Bonchev–Trinajstić information content (AvgIpc) is 2.52.